The summed E-state index contributed by atoms with van der Waals surface area (Å²) in [5, 5.41) is 2.65. The lowest BCUT2D eigenvalue weighted by atomic mass is 10.2. The van der Waals surface area contributed by atoms with Crippen molar-refractivity contribution in [3.05, 3.63) is 28.5 Å². The number of pyridine rings is 1. The number of halogens is 1. The fourth-order valence-corrected chi connectivity index (χ4v) is 2.22. The van der Waals surface area contributed by atoms with Crippen molar-refractivity contribution in [1.82, 2.24) is 10.3 Å². The summed E-state index contributed by atoms with van der Waals surface area (Å²) in [6, 6.07) is 3.20. The monoisotopic (exact) mass is 320 g/mol. The summed E-state index contributed by atoms with van der Waals surface area (Å²) < 4.78 is 22.3. The maximum absolute atomic E-state index is 11.6. The molecule has 0 saturated heterocycles. The molecule has 17 heavy (non-hydrogen) atoms. The van der Waals surface area contributed by atoms with Crippen molar-refractivity contribution in [2.45, 2.75) is 6.42 Å². The minimum Gasteiger partial charge on any atom is -0.352 e. The molecule has 0 atom stereocenters. The van der Waals surface area contributed by atoms with Crippen molar-refractivity contribution in [3.8, 4) is 0 Å². The molecule has 0 aliphatic heterocycles. The van der Waals surface area contributed by atoms with Crippen LogP contribution in [0.4, 0.5) is 0 Å². The first-order valence-corrected chi connectivity index (χ1v) is 7.81. The summed E-state index contributed by atoms with van der Waals surface area (Å²) in [6.07, 6.45) is 3.11. The Morgan fingerprint density at radius 1 is 1.53 bits per heavy atom. The largest absolute Gasteiger partial charge is 0.352 e. The predicted molar refractivity (Wildman–Crippen MR) is 68.6 cm³/mol. The summed E-state index contributed by atoms with van der Waals surface area (Å²) in [5.74, 6) is -0.158. The smallest absolute Gasteiger partial charge is 0.251 e. The zero-order chi connectivity index (χ0) is 12.9. The minimum atomic E-state index is -2.96. The zero-order valence-corrected chi connectivity index (χ0v) is 11.7. The average molecular weight is 321 g/mol. The Kier molecular flexibility index (Phi) is 5.07. The van der Waals surface area contributed by atoms with Crippen molar-refractivity contribution >= 4 is 31.7 Å². The molecule has 0 saturated carbocycles. The number of carbonyl (C=O) groups excluding carboxylic acids is 1. The Bertz CT molecular complexity index is 502. The van der Waals surface area contributed by atoms with Crippen LogP contribution < -0.4 is 5.32 Å². The molecule has 1 rings (SSSR count). The summed E-state index contributed by atoms with van der Waals surface area (Å²) in [4.78, 5) is 15.5. The fraction of sp³-hybridized carbons (Fsp3) is 0.400. The van der Waals surface area contributed by atoms with Gasteiger partial charge in [-0.3, -0.25) is 4.79 Å². The fourth-order valence-electron chi connectivity index (χ4n) is 1.18. The average Bonchev–Trinajstić information content (AvgIpc) is 2.23. The number of carbonyl (C=O) groups is 1. The predicted octanol–water partition coefficient (Wildman–Crippen LogP) is 1.01. The summed E-state index contributed by atoms with van der Waals surface area (Å²) in [5.41, 5.74) is 0.492. The highest BCUT2D eigenvalue weighted by molar-refractivity contribution is 9.10. The second kappa shape index (κ2) is 6.11. The molecule has 0 bridgehead atoms. The Hall–Kier alpha value is -0.950. The Morgan fingerprint density at radius 3 is 2.82 bits per heavy atom. The number of amides is 1. The van der Waals surface area contributed by atoms with E-state index in [1.54, 1.807) is 12.1 Å². The molecule has 0 fully saturated rings. The van der Waals surface area contributed by atoms with Gasteiger partial charge in [0, 0.05) is 24.6 Å². The van der Waals surface area contributed by atoms with E-state index in [9.17, 15) is 13.2 Å². The van der Waals surface area contributed by atoms with Crippen LogP contribution in [0.5, 0.6) is 0 Å². The zero-order valence-electron chi connectivity index (χ0n) is 9.31. The van der Waals surface area contributed by atoms with Gasteiger partial charge in [-0.05, 0) is 34.5 Å². The van der Waals surface area contributed by atoms with Crippen LogP contribution in [0.15, 0.2) is 22.9 Å². The van der Waals surface area contributed by atoms with E-state index >= 15 is 0 Å². The number of sulfone groups is 1. The molecule has 0 unspecified atom stereocenters. The van der Waals surface area contributed by atoms with Gasteiger partial charge in [0.25, 0.3) is 5.91 Å². The maximum Gasteiger partial charge on any atom is 0.251 e. The molecule has 1 heterocycles. The van der Waals surface area contributed by atoms with Gasteiger partial charge in [-0.15, -0.1) is 0 Å². The molecule has 7 heteroatoms. The highest BCUT2D eigenvalue weighted by Crippen LogP contribution is 2.07. The van der Waals surface area contributed by atoms with Crippen LogP contribution in [0.2, 0.25) is 0 Å². The van der Waals surface area contributed by atoms with Crippen molar-refractivity contribution < 1.29 is 13.2 Å². The van der Waals surface area contributed by atoms with Gasteiger partial charge < -0.3 is 5.32 Å². The number of hydrogen-bond donors (Lipinski definition) is 1. The summed E-state index contributed by atoms with van der Waals surface area (Å²) in [7, 11) is -2.96. The van der Waals surface area contributed by atoms with Crippen molar-refractivity contribution in [1.29, 1.82) is 0 Å². The van der Waals surface area contributed by atoms with E-state index in [0.717, 1.165) is 0 Å². The molecular formula is C10H13BrN2O3S. The quantitative estimate of drug-likeness (QED) is 0.649. The van der Waals surface area contributed by atoms with Crippen LogP contribution in [0, 0.1) is 0 Å². The van der Waals surface area contributed by atoms with Crippen LogP contribution in [0.1, 0.15) is 16.8 Å². The van der Waals surface area contributed by atoms with Gasteiger partial charge in [-0.1, -0.05) is 0 Å². The maximum atomic E-state index is 11.6. The highest BCUT2D eigenvalue weighted by Gasteiger charge is 2.06. The first kappa shape index (κ1) is 14.1. The number of hydrogen-bond acceptors (Lipinski definition) is 4. The third-order valence-electron chi connectivity index (χ3n) is 1.97. The van der Waals surface area contributed by atoms with E-state index < -0.39 is 9.84 Å². The topological polar surface area (TPSA) is 76.1 Å². The second-order valence-electron chi connectivity index (χ2n) is 3.61. The van der Waals surface area contributed by atoms with Gasteiger partial charge in [0.1, 0.15) is 14.4 Å². The molecule has 1 aromatic heterocycles. The van der Waals surface area contributed by atoms with Crippen LogP contribution in [0.3, 0.4) is 0 Å². The minimum absolute atomic E-state index is 0.0767. The highest BCUT2D eigenvalue weighted by atomic mass is 79.9. The van der Waals surface area contributed by atoms with Gasteiger partial charge in [0.05, 0.1) is 5.75 Å². The summed E-state index contributed by atoms with van der Waals surface area (Å²) in [6.45, 7) is 0.339. The van der Waals surface area contributed by atoms with Gasteiger partial charge in [0.2, 0.25) is 0 Å². The Labute approximate surface area is 109 Å². The summed E-state index contributed by atoms with van der Waals surface area (Å²) >= 11 is 3.17. The lowest BCUT2D eigenvalue weighted by molar-refractivity contribution is 0.0953. The molecule has 0 radical (unpaired) electrons. The number of nitrogens with one attached hydrogen (secondary N) is 1. The van der Waals surface area contributed by atoms with Gasteiger partial charge >= 0.3 is 0 Å². The molecule has 1 amide bonds. The molecule has 94 valence electrons. The second-order valence-corrected chi connectivity index (χ2v) is 6.68. The van der Waals surface area contributed by atoms with E-state index in [1.165, 1.54) is 12.5 Å². The van der Waals surface area contributed by atoms with E-state index in [0.29, 0.717) is 23.1 Å². The van der Waals surface area contributed by atoms with E-state index in [1.807, 2.05) is 0 Å². The van der Waals surface area contributed by atoms with Crippen LogP contribution in [-0.4, -0.2) is 37.9 Å². The van der Waals surface area contributed by atoms with Crippen molar-refractivity contribution in [3.63, 3.8) is 0 Å². The van der Waals surface area contributed by atoms with Gasteiger partial charge in [-0.2, -0.15) is 0 Å². The third kappa shape index (κ3) is 5.78. The standard InChI is InChI=1S/C10H13BrN2O3S/c1-17(15,16)6-2-4-13-10(14)8-3-5-12-9(11)7-8/h3,5,7H,2,4,6H2,1H3,(H,13,14). The van der Waals surface area contributed by atoms with E-state index in [4.69, 9.17) is 0 Å². The molecule has 1 N–H and O–H groups in total. The first-order valence-electron chi connectivity index (χ1n) is 4.96. The third-order valence-corrected chi connectivity index (χ3v) is 3.43. The first-order chi connectivity index (χ1) is 7.88. The normalized spacial score (nSPS) is 11.2. The number of aromatic nitrogens is 1. The van der Waals surface area contributed by atoms with Crippen LogP contribution >= 0.6 is 15.9 Å². The van der Waals surface area contributed by atoms with Crippen LogP contribution in [-0.2, 0) is 9.84 Å². The molecule has 0 aromatic carbocycles. The molecule has 0 aliphatic carbocycles. The van der Waals surface area contributed by atoms with E-state index in [-0.39, 0.29) is 11.7 Å². The molecule has 1 aromatic rings. The van der Waals surface area contributed by atoms with Crippen LogP contribution in [0.25, 0.3) is 0 Å². The molecule has 5 nitrogen and oxygen atoms in total. The Balaban J connectivity index is 2.41. The SMILES string of the molecule is CS(=O)(=O)CCCNC(=O)c1ccnc(Br)c1. The lowest BCUT2D eigenvalue weighted by Gasteiger charge is -2.04. The van der Waals surface area contributed by atoms with Crippen molar-refractivity contribution in [2.24, 2.45) is 0 Å². The number of nitrogens with zero attached hydrogens (tertiary/aromatic N) is 1. The number of rotatable bonds is 5. The lowest BCUT2D eigenvalue weighted by Crippen LogP contribution is -2.25. The molecule has 0 aliphatic rings. The molecular weight excluding hydrogens is 308 g/mol. The van der Waals surface area contributed by atoms with Crippen molar-refractivity contribution in [2.75, 3.05) is 18.6 Å². The molecule has 0 spiro atoms. The van der Waals surface area contributed by atoms with E-state index in [2.05, 4.69) is 26.2 Å². The van der Waals surface area contributed by atoms with Gasteiger partial charge in [0.15, 0.2) is 0 Å². The van der Waals surface area contributed by atoms with Gasteiger partial charge in [-0.25, -0.2) is 13.4 Å². The Morgan fingerprint density at radius 2 is 2.24 bits per heavy atom.